The second kappa shape index (κ2) is 8.66. The van der Waals surface area contributed by atoms with E-state index in [9.17, 15) is 14.0 Å². The summed E-state index contributed by atoms with van der Waals surface area (Å²) in [6.07, 6.45) is 1.92. The Hall–Kier alpha value is -1.52. The van der Waals surface area contributed by atoms with Gasteiger partial charge in [0.1, 0.15) is 10.8 Å². The molecule has 1 fully saturated rings. The molecule has 0 spiro atoms. The summed E-state index contributed by atoms with van der Waals surface area (Å²) in [6.45, 7) is 4.91. The highest BCUT2D eigenvalue weighted by Crippen LogP contribution is 2.36. The van der Waals surface area contributed by atoms with E-state index in [1.807, 2.05) is 22.6 Å². The molecule has 0 aliphatic carbocycles. The van der Waals surface area contributed by atoms with Gasteiger partial charge in [-0.1, -0.05) is 0 Å². The molecular weight excluding hydrogens is 480 g/mol. The minimum absolute atomic E-state index is 0.0502. The largest absolute Gasteiger partial charge is 0.348 e. The minimum atomic E-state index is -0.403. The predicted octanol–water partition coefficient (Wildman–Crippen LogP) is 4.23. The number of rotatable bonds is 5. The van der Waals surface area contributed by atoms with Gasteiger partial charge < -0.3 is 16.0 Å². The molecule has 0 saturated carbocycles. The highest BCUT2D eigenvalue weighted by atomic mass is 127. The van der Waals surface area contributed by atoms with Crippen molar-refractivity contribution in [3.05, 3.63) is 43.6 Å². The second-order valence-electron chi connectivity index (χ2n) is 6.58. The lowest BCUT2D eigenvalue weighted by molar-refractivity contribution is 0.0931. The molecular formula is C19H21FIN3O2S. The molecule has 1 unspecified atom stereocenters. The fourth-order valence-electron chi connectivity index (χ4n) is 3.16. The second-order valence-corrected chi connectivity index (χ2v) is 8.85. The first-order valence-corrected chi connectivity index (χ1v) is 10.6. The van der Waals surface area contributed by atoms with Crippen LogP contribution in [0.3, 0.4) is 0 Å². The first kappa shape index (κ1) is 20.2. The average Bonchev–Trinajstić information content (AvgIpc) is 2.95. The molecule has 3 rings (SSSR count). The summed E-state index contributed by atoms with van der Waals surface area (Å²) in [5.74, 6) is -0.749. The molecule has 2 heterocycles. The maximum absolute atomic E-state index is 14.3. The number of benzene rings is 1. The van der Waals surface area contributed by atoms with E-state index in [0.717, 1.165) is 29.5 Å². The topological polar surface area (TPSA) is 70.2 Å². The Morgan fingerprint density at radius 1 is 1.37 bits per heavy atom. The Labute approximate surface area is 175 Å². The summed E-state index contributed by atoms with van der Waals surface area (Å²) in [7, 11) is 0. The fraction of sp³-hybridized carbons (Fsp3) is 0.368. The van der Waals surface area contributed by atoms with Crippen molar-refractivity contribution in [1.29, 1.82) is 0 Å². The molecule has 1 atom stereocenters. The molecule has 8 heteroatoms. The SMILES string of the molecule is CC(=O)c1sc(Nc2ccc(I)cc2F)c(C(=O)NC2CCCNC2)c1C. The van der Waals surface area contributed by atoms with Gasteiger partial charge in [-0.25, -0.2) is 4.39 Å². The number of nitrogens with one attached hydrogen (secondary N) is 3. The van der Waals surface area contributed by atoms with Crippen LogP contribution in [0.15, 0.2) is 18.2 Å². The lowest BCUT2D eigenvalue weighted by Gasteiger charge is -2.24. The van der Waals surface area contributed by atoms with E-state index in [0.29, 0.717) is 21.0 Å². The molecule has 1 amide bonds. The highest BCUT2D eigenvalue weighted by Gasteiger charge is 2.26. The first-order valence-electron chi connectivity index (χ1n) is 8.74. The van der Waals surface area contributed by atoms with Crippen LogP contribution in [0.2, 0.25) is 0 Å². The van der Waals surface area contributed by atoms with E-state index in [1.165, 1.54) is 24.3 Å². The van der Waals surface area contributed by atoms with E-state index >= 15 is 0 Å². The summed E-state index contributed by atoms with van der Waals surface area (Å²) >= 11 is 3.23. The number of amides is 1. The van der Waals surface area contributed by atoms with Gasteiger partial charge in [0.2, 0.25) is 0 Å². The van der Waals surface area contributed by atoms with Crippen LogP contribution >= 0.6 is 33.9 Å². The van der Waals surface area contributed by atoms with E-state index < -0.39 is 5.82 Å². The van der Waals surface area contributed by atoms with Gasteiger partial charge in [-0.15, -0.1) is 11.3 Å². The summed E-state index contributed by atoms with van der Waals surface area (Å²) in [5.41, 5.74) is 1.32. The van der Waals surface area contributed by atoms with E-state index in [-0.39, 0.29) is 23.4 Å². The van der Waals surface area contributed by atoms with Crippen LogP contribution in [0.4, 0.5) is 15.1 Å². The van der Waals surface area contributed by atoms with E-state index in [1.54, 1.807) is 19.1 Å². The fourth-order valence-corrected chi connectivity index (χ4v) is 4.72. The molecule has 2 aromatic rings. The van der Waals surface area contributed by atoms with Crippen molar-refractivity contribution in [2.45, 2.75) is 32.7 Å². The number of hydrogen-bond donors (Lipinski definition) is 3. The van der Waals surface area contributed by atoms with Crippen LogP contribution in [-0.4, -0.2) is 30.8 Å². The lowest BCUT2D eigenvalue weighted by atomic mass is 10.1. The van der Waals surface area contributed by atoms with Crippen LogP contribution in [0, 0.1) is 16.3 Å². The van der Waals surface area contributed by atoms with Gasteiger partial charge in [-0.05, 0) is 79.6 Å². The Balaban J connectivity index is 1.93. The molecule has 1 aromatic carbocycles. The van der Waals surface area contributed by atoms with Crippen molar-refractivity contribution < 1.29 is 14.0 Å². The van der Waals surface area contributed by atoms with Gasteiger partial charge in [-0.3, -0.25) is 9.59 Å². The number of anilines is 2. The van der Waals surface area contributed by atoms with E-state index in [4.69, 9.17) is 0 Å². The number of carbonyl (C=O) groups is 2. The van der Waals surface area contributed by atoms with E-state index in [2.05, 4.69) is 16.0 Å². The van der Waals surface area contributed by atoms with Crippen LogP contribution in [-0.2, 0) is 0 Å². The highest BCUT2D eigenvalue weighted by molar-refractivity contribution is 14.1. The Morgan fingerprint density at radius 2 is 2.15 bits per heavy atom. The van der Waals surface area contributed by atoms with Gasteiger partial charge in [0.15, 0.2) is 5.78 Å². The number of halogens is 2. The number of carbonyl (C=O) groups excluding carboxylic acids is 2. The average molecular weight is 501 g/mol. The van der Waals surface area contributed by atoms with Gasteiger partial charge in [0, 0.05) is 16.2 Å². The molecule has 144 valence electrons. The number of hydrogen-bond acceptors (Lipinski definition) is 5. The minimum Gasteiger partial charge on any atom is -0.348 e. The smallest absolute Gasteiger partial charge is 0.254 e. The summed E-state index contributed by atoms with van der Waals surface area (Å²) < 4.78 is 15.1. The molecule has 1 saturated heterocycles. The van der Waals surface area contributed by atoms with Crippen molar-refractivity contribution >= 4 is 56.3 Å². The number of Topliss-reactive ketones (excluding diaryl/α,β-unsaturated/α-hetero) is 1. The first-order chi connectivity index (χ1) is 12.9. The van der Waals surface area contributed by atoms with Gasteiger partial charge in [-0.2, -0.15) is 0 Å². The van der Waals surface area contributed by atoms with Crippen molar-refractivity contribution in [2.24, 2.45) is 0 Å². The predicted molar refractivity (Wildman–Crippen MR) is 115 cm³/mol. The Morgan fingerprint density at radius 3 is 2.78 bits per heavy atom. The maximum Gasteiger partial charge on any atom is 0.254 e. The molecule has 1 aliphatic heterocycles. The quantitative estimate of drug-likeness (QED) is 0.424. The third kappa shape index (κ3) is 4.67. The standard InChI is InChI=1S/C19H21FIN3O2S/c1-10-16(18(26)23-13-4-3-7-22-9-13)19(27-17(10)11(2)25)24-15-6-5-12(21)8-14(15)20/h5-6,8,13,22,24H,3-4,7,9H2,1-2H3,(H,23,26). The van der Waals surface area contributed by atoms with Crippen LogP contribution in [0.5, 0.6) is 0 Å². The van der Waals surface area contributed by atoms with Crippen molar-refractivity contribution in [2.75, 3.05) is 18.4 Å². The van der Waals surface area contributed by atoms with Crippen molar-refractivity contribution in [3.8, 4) is 0 Å². The van der Waals surface area contributed by atoms with Crippen molar-refractivity contribution in [1.82, 2.24) is 10.6 Å². The normalized spacial score (nSPS) is 16.8. The van der Waals surface area contributed by atoms with Gasteiger partial charge in [0.05, 0.1) is 16.1 Å². The van der Waals surface area contributed by atoms with Crippen molar-refractivity contribution in [3.63, 3.8) is 0 Å². The Bertz CT molecular complexity index is 878. The molecule has 0 radical (unpaired) electrons. The third-order valence-corrected chi connectivity index (χ3v) is 6.48. The van der Waals surface area contributed by atoms with Crippen LogP contribution in [0.1, 0.15) is 45.4 Å². The van der Waals surface area contributed by atoms with Crippen LogP contribution < -0.4 is 16.0 Å². The van der Waals surface area contributed by atoms with Crippen LogP contribution in [0.25, 0.3) is 0 Å². The Kier molecular flexibility index (Phi) is 6.48. The zero-order valence-electron chi connectivity index (χ0n) is 15.1. The summed E-state index contributed by atoms with van der Waals surface area (Å²) in [4.78, 5) is 25.4. The molecule has 0 bridgehead atoms. The summed E-state index contributed by atoms with van der Waals surface area (Å²) in [6, 6.07) is 4.88. The number of ketones is 1. The molecule has 5 nitrogen and oxygen atoms in total. The monoisotopic (exact) mass is 501 g/mol. The number of piperidine rings is 1. The third-order valence-electron chi connectivity index (χ3n) is 4.51. The zero-order valence-corrected chi connectivity index (χ0v) is 18.1. The lowest BCUT2D eigenvalue weighted by Crippen LogP contribution is -2.45. The summed E-state index contributed by atoms with van der Waals surface area (Å²) in [5, 5.41) is 9.80. The van der Waals surface area contributed by atoms with Gasteiger partial charge >= 0.3 is 0 Å². The molecule has 3 N–H and O–H groups in total. The zero-order chi connectivity index (χ0) is 19.6. The maximum atomic E-state index is 14.3. The molecule has 1 aromatic heterocycles. The molecule has 27 heavy (non-hydrogen) atoms. The number of thiophene rings is 1. The van der Waals surface area contributed by atoms with Gasteiger partial charge in [0.25, 0.3) is 5.91 Å². The molecule has 1 aliphatic rings.